The summed E-state index contributed by atoms with van der Waals surface area (Å²) in [5, 5.41) is 9.19. The molecule has 0 atom stereocenters. The van der Waals surface area contributed by atoms with Crippen LogP contribution in [0.5, 0.6) is 5.75 Å². The van der Waals surface area contributed by atoms with Crippen molar-refractivity contribution in [2.24, 2.45) is 5.10 Å². The minimum atomic E-state index is -0.300. The molecule has 1 aromatic heterocycles. The van der Waals surface area contributed by atoms with E-state index in [2.05, 4.69) is 43.1 Å². The number of hydrazone groups is 1. The fourth-order valence-electron chi connectivity index (χ4n) is 2.70. The molecule has 1 aliphatic rings. The van der Waals surface area contributed by atoms with Crippen LogP contribution < -0.4 is 10.2 Å². The van der Waals surface area contributed by atoms with E-state index in [0.717, 1.165) is 15.9 Å². The number of allylic oxidation sites excluding steroid dienone is 1. The van der Waals surface area contributed by atoms with Gasteiger partial charge in [-0.25, -0.2) is 15.1 Å². The largest absolute Gasteiger partial charge is 0.440 e. The number of fused-ring (bicyclic) bond motifs is 1. The number of hydrogen-bond acceptors (Lipinski definition) is 6. The van der Waals surface area contributed by atoms with E-state index in [1.165, 1.54) is 11.8 Å². The summed E-state index contributed by atoms with van der Waals surface area (Å²) in [6, 6.07) is 14.9. The minimum Gasteiger partial charge on any atom is -0.440 e. The molecule has 4 rings (SSSR count). The Morgan fingerprint density at radius 1 is 1.21 bits per heavy atom. The molecule has 1 aliphatic heterocycles. The van der Waals surface area contributed by atoms with E-state index in [-0.39, 0.29) is 5.91 Å². The van der Waals surface area contributed by atoms with Gasteiger partial charge in [-0.3, -0.25) is 4.79 Å². The number of para-hydroxylation sites is 1. The lowest BCUT2D eigenvalue weighted by atomic mass is 10.2. The van der Waals surface area contributed by atoms with E-state index < -0.39 is 0 Å². The highest BCUT2D eigenvalue weighted by Gasteiger charge is 2.19. The highest BCUT2D eigenvalue weighted by Crippen LogP contribution is 2.25. The van der Waals surface area contributed by atoms with Crippen LogP contribution in [-0.2, 0) is 6.54 Å². The summed E-state index contributed by atoms with van der Waals surface area (Å²) in [4.78, 5) is 16.7. The van der Waals surface area contributed by atoms with Gasteiger partial charge in [-0.15, -0.1) is 16.8 Å². The molecule has 0 aliphatic carbocycles. The lowest BCUT2D eigenvalue weighted by Gasteiger charge is -2.06. The monoisotopic (exact) mass is 469 g/mol. The Bertz CT molecular complexity index is 1090. The number of carbonyl (C=O) groups is 1. The molecule has 7 nitrogen and oxygen atoms in total. The molecular formula is C20H16BrN5O2S. The molecule has 0 bridgehead atoms. The van der Waals surface area contributed by atoms with E-state index >= 15 is 0 Å². The minimum absolute atomic E-state index is 0.300. The van der Waals surface area contributed by atoms with Crippen LogP contribution in [0.25, 0.3) is 11.4 Å². The van der Waals surface area contributed by atoms with Crippen LogP contribution in [0.2, 0.25) is 0 Å². The van der Waals surface area contributed by atoms with Crippen molar-refractivity contribution >= 4 is 39.5 Å². The quantitative estimate of drug-likeness (QED) is 0.433. The maximum Gasteiger partial charge on any atom is 0.275 e. The molecule has 0 radical (unpaired) electrons. The number of thioether (sulfide) groups is 1. The third kappa shape index (κ3) is 4.41. The van der Waals surface area contributed by atoms with Crippen LogP contribution in [0, 0.1) is 0 Å². The lowest BCUT2D eigenvalue weighted by Crippen LogP contribution is -2.18. The van der Waals surface area contributed by atoms with E-state index in [4.69, 9.17) is 4.74 Å². The van der Waals surface area contributed by atoms with Crippen LogP contribution in [-0.4, -0.2) is 32.3 Å². The van der Waals surface area contributed by atoms with Crippen molar-refractivity contribution in [3.63, 3.8) is 0 Å². The summed E-state index contributed by atoms with van der Waals surface area (Å²) in [6.07, 6.45) is 1.77. The van der Waals surface area contributed by atoms with Crippen LogP contribution in [0.15, 0.2) is 75.9 Å². The molecule has 0 spiro atoms. The van der Waals surface area contributed by atoms with E-state index in [1.54, 1.807) is 29.0 Å². The Hall–Kier alpha value is -2.91. The molecule has 0 saturated heterocycles. The molecule has 0 saturated carbocycles. The van der Waals surface area contributed by atoms with Crippen LogP contribution in [0.4, 0.5) is 0 Å². The number of ether oxygens (including phenoxy) is 1. The molecule has 1 N–H and O–H groups in total. The van der Waals surface area contributed by atoms with Crippen molar-refractivity contribution in [1.29, 1.82) is 0 Å². The number of hydrogen-bond donors (Lipinski definition) is 1. The Morgan fingerprint density at radius 3 is 2.79 bits per heavy atom. The second kappa shape index (κ2) is 8.62. The van der Waals surface area contributed by atoms with Gasteiger partial charge in [-0.1, -0.05) is 58.0 Å². The number of carbonyl (C=O) groups excluding carboxylic acids is 1. The number of nitrogens with zero attached hydrogens (tertiary/aromatic N) is 4. The van der Waals surface area contributed by atoms with Crippen LogP contribution in [0.1, 0.15) is 10.4 Å². The summed E-state index contributed by atoms with van der Waals surface area (Å²) in [5.41, 5.74) is 3.91. The first kappa shape index (κ1) is 19.4. The molecule has 29 heavy (non-hydrogen) atoms. The zero-order chi connectivity index (χ0) is 20.2. The van der Waals surface area contributed by atoms with Crippen molar-refractivity contribution in [3.05, 3.63) is 71.2 Å². The zero-order valence-corrected chi connectivity index (χ0v) is 17.6. The predicted molar refractivity (Wildman–Crippen MR) is 116 cm³/mol. The Kier molecular flexibility index (Phi) is 5.77. The Balaban J connectivity index is 1.53. The van der Waals surface area contributed by atoms with Crippen LogP contribution in [0.3, 0.4) is 0 Å². The normalized spacial score (nSPS) is 13.0. The smallest absolute Gasteiger partial charge is 0.275 e. The first-order valence-corrected chi connectivity index (χ1v) is 10.5. The highest BCUT2D eigenvalue weighted by molar-refractivity contribution is 9.10. The first-order valence-electron chi connectivity index (χ1n) is 8.72. The second-order valence-electron chi connectivity index (χ2n) is 6.03. The fourth-order valence-corrected chi connectivity index (χ4v) is 3.65. The summed E-state index contributed by atoms with van der Waals surface area (Å²) in [6.45, 7) is 4.33. The van der Waals surface area contributed by atoms with E-state index in [1.807, 2.05) is 30.3 Å². The number of rotatable bonds is 6. The van der Waals surface area contributed by atoms with Gasteiger partial charge in [0.05, 0.1) is 17.9 Å². The molecule has 3 aromatic rings. The number of amides is 1. The Labute approximate surface area is 180 Å². The van der Waals surface area contributed by atoms with Gasteiger partial charge in [0.1, 0.15) is 5.75 Å². The summed E-state index contributed by atoms with van der Waals surface area (Å²) >= 11 is 4.82. The summed E-state index contributed by atoms with van der Waals surface area (Å²) in [7, 11) is 0. The number of nitrogens with one attached hydrogen (secondary N) is 1. The van der Waals surface area contributed by atoms with Gasteiger partial charge >= 0.3 is 0 Å². The maximum atomic E-state index is 12.1. The second-order valence-corrected chi connectivity index (χ2v) is 7.89. The molecule has 146 valence electrons. The third-order valence-corrected chi connectivity index (χ3v) is 5.37. The van der Waals surface area contributed by atoms with Gasteiger partial charge < -0.3 is 4.74 Å². The molecule has 1 amide bonds. The molecular weight excluding hydrogens is 454 g/mol. The van der Waals surface area contributed by atoms with E-state index in [0.29, 0.717) is 34.7 Å². The van der Waals surface area contributed by atoms with Crippen LogP contribution >= 0.6 is 27.7 Å². The Morgan fingerprint density at radius 2 is 2.00 bits per heavy atom. The number of halogens is 1. The number of aromatic nitrogens is 3. The molecule has 0 fully saturated rings. The van der Waals surface area contributed by atoms with Gasteiger partial charge in [-0.05, 0) is 24.3 Å². The molecule has 0 unspecified atom stereocenters. The first-order chi connectivity index (χ1) is 14.1. The highest BCUT2D eigenvalue weighted by atomic mass is 79.9. The van der Waals surface area contributed by atoms with Gasteiger partial charge in [0, 0.05) is 10.0 Å². The third-order valence-electron chi connectivity index (χ3n) is 4.02. The van der Waals surface area contributed by atoms with Gasteiger partial charge in [0.15, 0.2) is 5.82 Å². The fraction of sp³-hybridized carbons (Fsp3) is 0.100. The number of benzene rings is 2. The molecule has 2 aromatic carbocycles. The van der Waals surface area contributed by atoms with Crippen molar-refractivity contribution < 1.29 is 9.53 Å². The van der Waals surface area contributed by atoms with E-state index in [9.17, 15) is 4.79 Å². The summed E-state index contributed by atoms with van der Waals surface area (Å²) in [5.74, 6) is 1.67. The van der Waals surface area contributed by atoms with Gasteiger partial charge in [0.2, 0.25) is 11.1 Å². The maximum absolute atomic E-state index is 12.1. The van der Waals surface area contributed by atoms with Crippen molar-refractivity contribution in [2.75, 3.05) is 5.75 Å². The predicted octanol–water partition coefficient (Wildman–Crippen LogP) is 4.12. The average molecular weight is 470 g/mol. The SMILES string of the molecule is C=CCn1nc(SCC2=NNC(=O)c3ccccc3O2)nc1-c1ccc(Br)cc1. The van der Waals surface area contributed by atoms with Crippen molar-refractivity contribution in [1.82, 2.24) is 20.2 Å². The van der Waals surface area contributed by atoms with Gasteiger partial charge in [0.25, 0.3) is 5.91 Å². The lowest BCUT2D eigenvalue weighted by molar-refractivity contribution is 0.0955. The van der Waals surface area contributed by atoms with Gasteiger partial charge in [-0.2, -0.15) is 0 Å². The average Bonchev–Trinajstić information content (AvgIpc) is 3.06. The van der Waals surface area contributed by atoms with Crippen molar-refractivity contribution in [2.45, 2.75) is 11.7 Å². The molecule has 2 heterocycles. The standard InChI is InChI=1S/C20H16BrN5O2S/c1-2-11-26-18(13-7-9-14(21)10-8-13)22-20(25-26)29-12-17-23-24-19(27)15-5-3-4-6-16(15)28-17/h2-10H,1,11-12H2,(H,24,27). The van der Waals surface area contributed by atoms with Crippen molar-refractivity contribution in [3.8, 4) is 17.1 Å². The summed E-state index contributed by atoms with van der Waals surface area (Å²) < 4.78 is 8.59. The molecule has 9 heteroatoms. The topological polar surface area (TPSA) is 81.4 Å². The zero-order valence-electron chi connectivity index (χ0n) is 15.2.